The number of aromatic hydroxyl groups is 1. The summed E-state index contributed by atoms with van der Waals surface area (Å²) >= 11 is 1.52. The summed E-state index contributed by atoms with van der Waals surface area (Å²) < 4.78 is 0. The molecule has 1 aromatic heterocycles. The van der Waals surface area contributed by atoms with Crippen molar-refractivity contribution in [1.82, 2.24) is 4.98 Å². The molecule has 0 unspecified atom stereocenters. The zero-order valence-electron chi connectivity index (χ0n) is 9.58. The van der Waals surface area contributed by atoms with Gasteiger partial charge in [-0.2, -0.15) is 0 Å². The second-order valence-electron chi connectivity index (χ2n) is 3.94. The van der Waals surface area contributed by atoms with E-state index in [4.69, 9.17) is 0 Å². The van der Waals surface area contributed by atoms with Gasteiger partial charge in [-0.3, -0.25) is 0 Å². The third-order valence-electron chi connectivity index (χ3n) is 2.77. The van der Waals surface area contributed by atoms with E-state index in [1.165, 1.54) is 11.3 Å². The fourth-order valence-corrected chi connectivity index (χ4v) is 2.54. The Hall–Kier alpha value is -2.13. The molecule has 18 heavy (non-hydrogen) atoms. The normalized spacial score (nSPS) is 10.4. The van der Waals surface area contributed by atoms with E-state index in [9.17, 15) is 5.11 Å². The third-order valence-corrected chi connectivity index (χ3v) is 3.57. The lowest BCUT2D eigenvalue weighted by Gasteiger charge is -2.06. The summed E-state index contributed by atoms with van der Waals surface area (Å²) in [6, 6.07) is 15.7. The second kappa shape index (κ2) is 4.63. The highest BCUT2D eigenvalue weighted by molar-refractivity contribution is 7.13. The summed E-state index contributed by atoms with van der Waals surface area (Å²) in [5, 5.41) is 12.7. The minimum atomic E-state index is 0.268. The van der Waals surface area contributed by atoms with Gasteiger partial charge in [0.25, 0.3) is 0 Å². The molecule has 0 spiro atoms. The van der Waals surface area contributed by atoms with Gasteiger partial charge in [-0.05, 0) is 23.3 Å². The fourth-order valence-electron chi connectivity index (χ4n) is 1.87. The van der Waals surface area contributed by atoms with E-state index in [0.717, 1.165) is 21.7 Å². The number of hydrogen-bond acceptors (Lipinski definition) is 3. The molecule has 88 valence electrons. The number of hydrogen-bond donors (Lipinski definition) is 1. The summed E-state index contributed by atoms with van der Waals surface area (Å²) in [6.45, 7) is 0. The van der Waals surface area contributed by atoms with E-state index in [1.54, 1.807) is 12.3 Å². The van der Waals surface area contributed by atoms with Crippen molar-refractivity contribution in [2.75, 3.05) is 0 Å². The van der Waals surface area contributed by atoms with Crippen LogP contribution >= 0.6 is 11.3 Å². The van der Waals surface area contributed by atoms with Crippen LogP contribution in [0.4, 0.5) is 0 Å². The van der Waals surface area contributed by atoms with Gasteiger partial charge in [0.1, 0.15) is 10.8 Å². The predicted molar refractivity (Wildman–Crippen MR) is 74.7 cm³/mol. The Balaban J connectivity index is 2.12. The van der Waals surface area contributed by atoms with E-state index < -0.39 is 0 Å². The smallest absolute Gasteiger partial charge is 0.127 e. The molecule has 3 aromatic rings. The van der Waals surface area contributed by atoms with Crippen molar-refractivity contribution in [3.05, 3.63) is 60.1 Å². The van der Waals surface area contributed by atoms with Gasteiger partial charge < -0.3 is 5.11 Å². The molecule has 1 heterocycles. The van der Waals surface area contributed by atoms with Crippen molar-refractivity contribution in [1.29, 1.82) is 0 Å². The zero-order chi connectivity index (χ0) is 12.4. The molecule has 2 aromatic carbocycles. The Morgan fingerprint density at radius 3 is 2.50 bits per heavy atom. The van der Waals surface area contributed by atoms with Gasteiger partial charge in [-0.1, -0.05) is 36.4 Å². The molecule has 0 radical (unpaired) electrons. The van der Waals surface area contributed by atoms with Crippen molar-refractivity contribution < 1.29 is 5.11 Å². The number of phenols is 1. The first-order chi connectivity index (χ1) is 8.84. The zero-order valence-corrected chi connectivity index (χ0v) is 10.4. The number of thiazole rings is 1. The molecule has 0 bridgehead atoms. The first-order valence-electron chi connectivity index (χ1n) is 5.63. The van der Waals surface area contributed by atoms with Crippen LogP contribution in [0.3, 0.4) is 0 Å². The summed E-state index contributed by atoms with van der Waals surface area (Å²) in [6.07, 6.45) is 1.74. The van der Waals surface area contributed by atoms with Crippen LogP contribution in [-0.4, -0.2) is 10.1 Å². The lowest BCUT2D eigenvalue weighted by atomic mass is 10.0. The minimum absolute atomic E-state index is 0.268. The Labute approximate surface area is 109 Å². The van der Waals surface area contributed by atoms with E-state index in [0.29, 0.717) is 0 Å². The third kappa shape index (κ3) is 2.00. The molecule has 1 N–H and O–H groups in total. The average molecular weight is 253 g/mol. The van der Waals surface area contributed by atoms with Crippen molar-refractivity contribution in [3.8, 4) is 27.4 Å². The highest BCUT2D eigenvalue weighted by Crippen LogP contribution is 2.34. The molecule has 0 saturated heterocycles. The summed E-state index contributed by atoms with van der Waals surface area (Å²) in [5.74, 6) is 0.268. The Bertz CT molecular complexity index is 648. The first-order valence-corrected chi connectivity index (χ1v) is 6.51. The van der Waals surface area contributed by atoms with Crippen LogP contribution in [0.1, 0.15) is 0 Å². The lowest BCUT2D eigenvalue weighted by Crippen LogP contribution is -1.81. The SMILES string of the molecule is Oc1ccc(-c2ccccc2)cc1-c1nccs1. The van der Waals surface area contributed by atoms with Gasteiger partial charge in [-0.15, -0.1) is 11.3 Å². The van der Waals surface area contributed by atoms with Crippen LogP contribution in [0, 0.1) is 0 Å². The molecule has 0 amide bonds. The number of aromatic nitrogens is 1. The predicted octanol–water partition coefficient (Wildman–Crippen LogP) is 4.18. The average Bonchev–Trinajstić information content (AvgIpc) is 2.94. The number of benzene rings is 2. The van der Waals surface area contributed by atoms with E-state index in [2.05, 4.69) is 17.1 Å². The Morgan fingerprint density at radius 2 is 1.78 bits per heavy atom. The van der Waals surface area contributed by atoms with Crippen LogP contribution in [0.25, 0.3) is 21.7 Å². The molecule has 0 aliphatic rings. The quantitative estimate of drug-likeness (QED) is 0.743. The van der Waals surface area contributed by atoms with E-state index >= 15 is 0 Å². The molecule has 0 atom stereocenters. The van der Waals surface area contributed by atoms with Gasteiger partial charge in [-0.25, -0.2) is 4.98 Å². The molecule has 0 fully saturated rings. The topological polar surface area (TPSA) is 33.1 Å². The Kier molecular flexibility index (Phi) is 2.82. The molecule has 0 aliphatic carbocycles. The van der Waals surface area contributed by atoms with Crippen molar-refractivity contribution in [2.45, 2.75) is 0 Å². The van der Waals surface area contributed by atoms with Crippen LogP contribution in [0.2, 0.25) is 0 Å². The maximum atomic E-state index is 9.92. The van der Waals surface area contributed by atoms with Crippen molar-refractivity contribution in [2.24, 2.45) is 0 Å². The number of rotatable bonds is 2. The summed E-state index contributed by atoms with van der Waals surface area (Å²) in [5.41, 5.74) is 3.00. The molecule has 0 saturated carbocycles. The summed E-state index contributed by atoms with van der Waals surface area (Å²) in [7, 11) is 0. The fraction of sp³-hybridized carbons (Fsp3) is 0. The van der Waals surface area contributed by atoms with Crippen LogP contribution in [0.5, 0.6) is 5.75 Å². The van der Waals surface area contributed by atoms with Crippen LogP contribution in [-0.2, 0) is 0 Å². The molecule has 2 nitrogen and oxygen atoms in total. The van der Waals surface area contributed by atoms with Gasteiger partial charge in [0.15, 0.2) is 0 Å². The lowest BCUT2D eigenvalue weighted by molar-refractivity contribution is 0.477. The van der Waals surface area contributed by atoms with Crippen molar-refractivity contribution in [3.63, 3.8) is 0 Å². The van der Waals surface area contributed by atoms with E-state index in [1.807, 2.05) is 35.7 Å². The van der Waals surface area contributed by atoms with Crippen molar-refractivity contribution >= 4 is 11.3 Å². The maximum absolute atomic E-state index is 9.92. The largest absolute Gasteiger partial charge is 0.507 e. The molecule has 3 heteroatoms. The van der Waals surface area contributed by atoms with Gasteiger partial charge >= 0.3 is 0 Å². The number of nitrogens with zero attached hydrogens (tertiary/aromatic N) is 1. The van der Waals surface area contributed by atoms with Crippen LogP contribution in [0.15, 0.2) is 60.1 Å². The Morgan fingerprint density at radius 1 is 0.944 bits per heavy atom. The van der Waals surface area contributed by atoms with Crippen LogP contribution < -0.4 is 0 Å². The maximum Gasteiger partial charge on any atom is 0.127 e. The minimum Gasteiger partial charge on any atom is -0.507 e. The molecular weight excluding hydrogens is 242 g/mol. The highest BCUT2D eigenvalue weighted by Gasteiger charge is 2.08. The summed E-state index contributed by atoms with van der Waals surface area (Å²) in [4.78, 5) is 4.24. The molecular formula is C15H11NOS. The monoisotopic (exact) mass is 253 g/mol. The molecule has 0 aliphatic heterocycles. The van der Waals surface area contributed by atoms with Gasteiger partial charge in [0, 0.05) is 11.6 Å². The molecule has 3 rings (SSSR count). The second-order valence-corrected chi connectivity index (χ2v) is 4.83. The highest BCUT2D eigenvalue weighted by atomic mass is 32.1. The van der Waals surface area contributed by atoms with Gasteiger partial charge in [0.2, 0.25) is 0 Å². The standard InChI is InChI=1S/C15H11NOS/c17-14-7-6-12(11-4-2-1-3-5-11)10-13(14)15-16-8-9-18-15/h1-10,17H. The van der Waals surface area contributed by atoms with E-state index in [-0.39, 0.29) is 5.75 Å². The van der Waals surface area contributed by atoms with Gasteiger partial charge in [0.05, 0.1) is 5.56 Å². The number of phenolic OH excluding ortho intramolecular Hbond substituents is 1. The first kappa shape index (κ1) is 11.0.